The Bertz CT molecular complexity index is 6260. The van der Waals surface area contributed by atoms with Crippen LogP contribution in [-0.4, -0.2) is 213 Å². The second-order valence-corrected chi connectivity index (χ2v) is 40.6. The summed E-state index contributed by atoms with van der Waals surface area (Å²) in [6.45, 7) is 23.8. The van der Waals surface area contributed by atoms with Crippen molar-refractivity contribution < 1.29 is 90.8 Å². The average Bonchev–Trinajstić information content (AvgIpc) is 1.62. The standard InChI is InChI=1S/4C28H34F3N3O3/c4*1-16-14-24(37-5)21(27(36)32-16)10-11-23(35)26-18(3)34(22-9-7-6-8-20(22)26)17(2)19-12-13-33(4)25(15-19)28(29,30)31/h4*6-9,14,17,19,25H,10-13,15H2,1-5H3,(H,32,36)/t2*17-,19+,25-;2*17-,19-,25+/m1010/s1. The summed E-state index contributed by atoms with van der Waals surface area (Å²) in [5, 5.41) is 3.12. The third kappa shape index (κ3) is 24.2. The Morgan fingerprint density at radius 1 is 0.311 bits per heavy atom. The second kappa shape index (κ2) is 46.5. The Morgan fingerprint density at radius 3 is 0.655 bits per heavy atom. The van der Waals surface area contributed by atoms with Crippen LogP contribution in [0.25, 0.3) is 43.6 Å². The van der Waals surface area contributed by atoms with Crippen molar-refractivity contribution >= 4 is 66.7 Å². The van der Waals surface area contributed by atoms with Gasteiger partial charge in [0.1, 0.15) is 47.2 Å². The Morgan fingerprint density at radius 2 is 0.486 bits per heavy atom. The fourth-order valence-electron chi connectivity index (χ4n) is 23.5. The highest BCUT2D eigenvalue weighted by atomic mass is 19.4. The summed E-state index contributed by atoms with van der Waals surface area (Å²) in [4.78, 5) is 121. The minimum Gasteiger partial charge on any atom is -0.496 e. The lowest BCUT2D eigenvalue weighted by Crippen LogP contribution is -2.49. The predicted octanol–water partition coefficient (Wildman–Crippen LogP) is 22.4. The number of halogens is 12. The first-order valence-corrected chi connectivity index (χ1v) is 50.4. The maximum Gasteiger partial charge on any atom is 0.404 e. The van der Waals surface area contributed by atoms with Gasteiger partial charge >= 0.3 is 24.7 Å². The van der Waals surface area contributed by atoms with Gasteiger partial charge in [-0.1, -0.05) is 72.8 Å². The van der Waals surface area contributed by atoms with Gasteiger partial charge in [0.15, 0.2) is 23.1 Å². The number of carbonyl (C=O) groups excluding carboxylic acids is 4. The van der Waals surface area contributed by atoms with Crippen molar-refractivity contribution in [3.8, 4) is 23.0 Å². The number of hydrogen-bond donors (Lipinski definition) is 4. The first kappa shape index (κ1) is 113. The van der Waals surface area contributed by atoms with Crippen LogP contribution < -0.4 is 41.2 Å². The van der Waals surface area contributed by atoms with Crippen LogP contribution in [-0.2, 0) is 25.7 Å². The number of benzene rings is 4. The Kier molecular flexibility index (Phi) is 35.4. The number of methoxy groups -OCH3 is 4. The van der Waals surface area contributed by atoms with Gasteiger partial charge in [0.05, 0.1) is 50.7 Å². The van der Waals surface area contributed by atoms with Gasteiger partial charge in [-0.25, -0.2) is 0 Å². The number of nitrogens with zero attached hydrogens (tertiary/aromatic N) is 8. The van der Waals surface area contributed by atoms with E-state index in [1.807, 2.05) is 171 Å². The van der Waals surface area contributed by atoms with Crippen LogP contribution in [0.3, 0.4) is 0 Å². The molecule has 36 heteroatoms. The molecule has 12 aromatic rings. The highest BCUT2D eigenvalue weighted by molar-refractivity contribution is 6.12. The van der Waals surface area contributed by atoms with Gasteiger partial charge < -0.3 is 57.2 Å². The number of rotatable bonds is 28. The van der Waals surface area contributed by atoms with Crippen LogP contribution in [0.1, 0.15) is 238 Å². The van der Waals surface area contributed by atoms with Crippen LogP contribution in [0, 0.1) is 79.1 Å². The zero-order valence-electron chi connectivity index (χ0n) is 87.6. The number of ketones is 4. The summed E-state index contributed by atoms with van der Waals surface area (Å²) >= 11 is 0. The van der Waals surface area contributed by atoms with Gasteiger partial charge in [-0.15, -0.1) is 0 Å². The number of H-pyrrole nitrogens is 4. The molecule has 12 heterocycles. The molecule has 8 aromatic heterocycles. The molecule has 4 aliphatic rings. The molecular weight excluding hydrogens is 1930 g/mol. The van der Waals surface area contributed by atoms with Gasteiger partial charge in [-0.2, -0.15) is 52.7 Å². The molecule has 12 atom stereocenters. The van der Waals surface area contributed by atoms with Gasteiger partial charge in [0.25, 0.3) is 22.2 Å². The predicted molar refractivity (Wildman–Crippen MR) is 550 cm³/mol. The first-order valence-electron chi connectivity index (χ1n) is 50.4. The molecule has 0 unspecified atom stereocenters. The van der Waals surface area contributed by atoms with Crippen molar-refractivity contribution in [3.63, 3.8) is 0 Å². The SMILES string of the molecule is COc1cc(C)[nH]c(=O)c1CCC(=O)c1c(C)n([C@@H](C)[C@@H]2CCN(C)[C@H](C(F)(F)F)C2)c2ccccc12.COc1cc(C)[nH]c(=O)c1CCC(=O)c1c(C)n([C@@H](C)[C@H]2CCN(C)[C@@H](C(F)(F)F)C2)c2ccccc12.COc1cc(C)[nH]c(=O)c1CCC(=O)c1c(C)n([C@H](C)[C@@H]2CCN(C)[C@H](C(F)(F)F)C2)c2ccccc12.COc1cc(C)[nH]c(=O)c1CCC(=O)c1c(C)n([C@H](C)[C@H]2CCN(C)[C@@H](C(F)(F)F)C2)c2ccccc12. The maximum absolute atomic E-state index is 13.7. The fraction of sp³-hybridized carbons (Fsp3) is 0.500. The van der Waals surface area contributed by atoms with Crippen molar-refractivity contribution in [3.05, 3.63) is 253 Å². The van der Waals surface area contributed by atoms with Crippen molar-refractivity contribution in [1.29, 1.82) is 0 Å². The smallest absolute Gasteiger partial charge is 0.404 e. The van der Waals surface area contributed by atoms with Crippen LogP contribution in [0.2, 0.25) is 0 Å². The van der Waals surface area contributed by atoms with Gasteiger partial charge in [0.2, 0.25) is 0 Å². The number of likely N-dealkylation sites (tertiary alicyclic amines) is 4. The van der Waals surface area contributed by atoms with E-state index >= 15 is 0 Å². The number of aromatic amines is 4. The molecular formula is C112H136F12N12O12. The number of hydrogen-bond acceptors (Lipinski definition) is 16. The Labute approximate surface area is 852 Å². The largest absolute Gasteiger partial charge is 0.496 e. The molecule has 4 N–H and O–H groups in total. The number of pyridine rings is 4. The quantitative estimate of drug-likeness (QED) is 0.0262. The van der Waals surface area contributed by atoms with E-state index in [0.29, 0.717) is 142 Å². The molecule has 16 rings (SSSR count). The molecule has 0 saturated carbocycles. The number of aryl methyl sites for hydroxylation is 4. The van der Waals surface area contributed by atoms with Crippen molar-refractivity contribution in [2.45, 2.75) is 259 Å². The second-order valence-electron chi connectivity index (χ2n) is 40.6. The highest BCUT2D eigenvalue weighted by Gasteiger charge is 2.51. The number of carbonyl (C=O) groups is 4. The topological polar surface area (TPSA) is 269 Å². The lowest BCUT2D eigenvalue weighted by atomic mass is 9.85. The van der Waals surface area contributed by atoms with E-state index in [9.17, 15) is 91.0 Å². The van der Waals surface area contributed by atoms with E-state index in [1.165, 1.54) is 76.2 Å². The normalized spacial score (nSPS) is 19.8. The summed E-state index contributed by atoms with van der Waals surface area (Å²) in [6.07, 6.45) is -13.2. The van der Waals surface area contributed by atoms with E-state index in [1.54, 1.807) is 52.0 Å². The number of para-hydroxylation sites is 4. The summed E-state index contributed by atoms with van der Waals surface area (Å²) in [5.41, 5.74) is 11.8. The van der Waals surface area contributed by atoms with E-state index in [0.717, 1.165) is 66.4 Å². The number of piperidine rings is 4. The zero-order chi connectivity index (χ0) is 108. The van der Waals surface area contributed by atoms with Crippen molar-refractivity contribution in [1.82, 2.24) is 57.8 Å². The molecule has 4 aromatic carbocycles. The minimum atomic E-state index is -4.28. The lowest BCUT2D eigenvalue weighted by molar-refractivity contribution is -0.193. The summed E-state index contributed by atoms with van der Waals surface area (Å²) < 4.78 is 194. The molecule has 24 nitrogen and oxygen atoms in total. The molecule has 4 aliphatic heterocycles. The van der Waals surface area contributed by atoms with Crippen molar-refractivity contribution in [2.75, 3.05) is 82.8 Å². The first-order chi connectivity index (χ1) is 69.7. The third-order valence-electron chi connectivity index (χ3n) is 31.5. The van der Waals surface area contributed by atoms with Crippen LogP contribution in [0.4, 0.5) is 52.7 Å². The lowest BCUT2D eigenvalue weighted by Gasteiger charge is -2.40. The monoisotopic (exact) mass is 2070 g/mol. The number of nitrogens with one attached hydrogen (secondary N) is 4. The van der Waals surface area contributed by atoms with E-state index < -0.39 is 48.9 Å². The maximum atomic E-state index is 13.7. The molecule has 4 saturated heterocycles. The molecule has 4 fully saturated rings. The van der Waals surface area contributed by atoms with Gasteiger partial charge in [0, 0.05) is 161 Å². The van der Waals surface area contributed by atoms with E-state index in [2.05, 4.69) is 19.9 Å². The number of ether oxygens (including phenoxy) is 4. The Balaban J connectivity index is 0.000000165. The number of alkyl halides is 12. The Hall–Kier alpha value is -12.3. The molecule has 148 heavy (non-hydrogen) atoms. The van der Waals surface area contributed by atoms with E-state index in [-0.39, 0.29) is 170 Å². The van der Waals surface area contributed by atoms with Crippen LogP contribution in [0.5, 0.6) is 23.0 Å². The van der Waals surface area contributed by atoms with Gasteiger partial charge in [-0.3, -0.25) is 58.0 Å². The average molecular weight is 2070 g/mol. The third-order valence-corrected chi connectivity index (χ3v) is 31.5. The molecule has 0 bridgehead atoms. The fourth-order valence-corrected chi connectivity index (χ4v) is 23.5. The highest BCUT2D eigenvalue weighted by Crippen LogP contribution is 2.48. The zero-order valence-corrected chi connectivity index (χ0v) is 87.6. The molecule has 800 valence electrons. The van der Waals surface area contributed by atoms with Crippen LogP contribution >= 0.6 is 0 Å². The summed E-state index contributed by atoms with van der Waals surface area (Å²) in [5.74, 6) is 0.601. The molecule has 0 spiro atoms. The summed E-state index contributed by atoms with van der Waals surface area (Å²) in [6, 6.07) is 30.3. The molecule has 0 amide bonds. The van der Waals surface area contributed by atoms with Crippen molar-refractivity contribution in [2.24, 2.45) is 23.7 Å². The van der Waals surface area contributed by atoms with E-state index in [4.69, 9.17) is 18.9 Å². The van der Waals surface area contributed by atoms with Gasteiger partial charge in [-0.05, 0) is 287 Å². The minimum absolute atomic E-state index is 0.0202. The number of Topliss-reactive ketones (excluding diaryl/α,β-unsaturated/α-hetero) is 4. The number of aromatic nitrogens is 8. The molecule has 0 radical (unpaired) electrons. The molecule has 0 aliphatic carbocycles. The number of fused-ring (bicyclic) bond motifs is 4. The van der Waals surface area contributed by atoms with Crippen LogP contribution in [0.15, 0.2) is 141 Å². The summed E-state index contributed by atoms with van der Waals surface area (Å²) in [7, 11) is 12.1.